The van der Waals surface area contributed by atoms with E-state index in [4.69, 9.17) is 10.00 Å². The highest BCUT2D eigenvalue weighted by Gasteiger charge is 2.35. The number of ether oxygens (including phenoxy) is 1. The van der Waals surface area contributed by atoms with Gasteiger partial charge in [-0.05, 0) is 31.9 Å². The van der Waals surface area contributed by atoms with Crippen LogP contribution in [0.1, 0.15) is 25.3 Å². The van der Waals surface area contributed by atoms with Gasteiger partial charge in [0, 0.05) is 19.2 Å². The highest BCUT2D eigenvalue weighted by atomic mass is 19.4. The molecule has 0 N–H and O–H groups in total. The predicted octanol–water partition coefficient (Wildman–Crippen LogP) is 3.29. The number of nitro groups is 1. The molecule has 1 atom stereocenters. The van der Waals surface area contributed by atoms with E-state index in [1.807, 2.05) is 0 Å². The molecular weight excluding hydrogens is 355 g/mol. The van der Waals surface area contributed by atoms with Gasteiger partial charge in [0.1, 0.15) is 11.8 Å². The second kappa shape index (κ2) is 7.59. The van der Waals surface area contributed by atoms with Crippen molar-refractivity contribution >= 4 is 17.3 Å². The summed E-state index contributed by atoms with van der Waals surface area (Å²) in [5.41, 5.74) is -1.63. The topological polar surface area (TPSA) is 96.5 Å². The van der Waals surface area contributed by atoms with Gasteiger partial charge in [-0.15, -0.1) is 0 Å². The minimum absolute atomic E-state index is 0.0835. The Balaban J connectivity index is 2.13. The fraction of sp³-hybridized carbons (Fsp3) is 0.500. The van der Waals surface area contributed by atoms with Crippen LogP contribution in [0.25, 0.3) is 0 Å². The summed E-state index contributed by atoms with van der Waals surface area (Å²) in [5, 5.41) is 19.8. The molecule has 1 saturated heterocycles. The molecule has 26 heavy (non-hydrogen) atoms. The Labute approximate surface area is 147 Å². The summed E-state index contributed by atoms with van der Waals surface area (Å²) < 4.78 is 43.2. The number of hydrogen-bond donors (Lipinski definition) is 0. The van der Waals surface area contributed by atoms with Gasteiger partial charge in [0.2, 0.25) is 0 Å². The molecule has 2 rings (SSSR count). The van der Waals surface area contributed by atoms with Crippen molar-refractivity contribution in [1.82, 2.24) is 0 Å². The number of nitriles is 1. The molecule has 10 heteroatoms. The first-order chi connectivity index (χ1) is 12.1. The molecule has 0 unspecified atom stereocenters. The average molecular weight is 371 g/mol. The van der Waals surface area contributed by atoms with Crippen LogP contribution in [0.3, 0.4) is 0 Å². The van der Waals surface area contributed by atoms with E-state index in [0.29, 0.717) is 18.9 Å². The molecule has 7 nitrogen and oxygen atoms in total. The second-order valence-corrected chi connectivity index (χ2v) is 5.93. The molecule has 1 fully saturated rings. The lowest BCUT2D eigenvalue weighted by Crippen LogP contribution is -2.37. The fourth-order valence-electron chi connectivity index (χ4n) is 2.77. The maximum Gasteiger partial charge on any atom is 0.416 e. The van der Waals surface area contributed by atoms with Crippen LogP contribution in [0.2, 0.25) is 0 Å². The summed E-state index contributed by atoms with van der Waals surface area (Å²) in [5.74, 6) is -0.962. The van der Waals surface area contributed by atoms with Gasteiger partial charge in [0.15, 0.2) is 6.10 Å². The number of alkyl halides is 3. The molecule has 1 aromatic carbocycles. The van der Waals surface area contributed by atoms with E-state index in [1.54, 1.807) is 11.0 Å². The Morgan fingerprint density at radius 1 is 1.42 bits per heavy atom. The van der Waals surface area contributed by atoms with Crippen molar-refractivity contribution in [3.05, 3.63) is 33.9 Å². The number of halogens is 3. The third-order valence-electron chi connectivity index (χ3n) is 4.14. The summed E-state index contributed by atoms with van der Waals surface area (Å²) >= 11 is 0. The lowest BCUT2D eigenvalue weighted by Gasteiger charge is -2.32. The van der Waals surface area contributed by atoms with Crippen molar-refractivity contribution in [3.63, 3.8) is 0 Å². The second-order valence-electron chi connectivity index (χ2n) is 5.93. The van der Waals surface area contributed by atoms with E-state index >= 15 is 0 Å². The van der Waals surface area contributed by atoms with Gasteiger partial charge >= 0.3 is 12.1 Å². The zero-order chi connectivity index (χ0) is 19.5. The molecule has 1 aliphatic heterocycles. The maximum atomic E-state index is 12.8. The molecule has 0 radical (unpaired) electrons. The van der Waals surface area contributed by atoms with E-state index in [9.17, 15) is 28.1 Å². The van der Waals surface area contributed by atoms with Crippen molar-refractivity contribution in [3.8, 4) is 6.07 Å². The SMILES string of the molecule is C[C@@H](C#N)OC(=O)C1CCN(c2ccc(C(F)(F)F)cc2[N+](=O)[O-])CC1. The van der Waals surface area contributed by atoms with Gasteiger partial charge in [-0.1, -0.05) is 0 Å². The largest absolute Gasteiger partial charge is 0.447 e. The molecule has 0 aliphatic carbocycles. The summed E-state index contributed by atoms with van der Waals surface area (Å²) in [4.78, 5) is 23.8. The van der Waals surface area contributed by atoms with Gasteiger partial charge in [-0.25, -0.2) is 0 Å². The van der Waals surface area contributed by atoms with Crippen molar-refractivity contribution in [1.29, 1.82) is 5.26 Å². The molecule has 0 saturated carbocycles. The summed E-state index contributed by atoms with van der Waals surface area (Å²) in [6.45, 7) is 1.96. The number of esters is 1. The molecule has 140 valence electrons. The van der Waals surface area contributed by atoms with E-state index in [2.05, 4.69) is 0 Å². The Bertz CT molecular complexity index is 737. The Morgan fingerprint density at radius 3 is 2.54 bits per heavy atom. The van der Waals surface area contributed by atoms with Crippen molar-refractivity contribution in [2.45, 2.75) is 32.0 Å². The van der Waals surface area contributed by atoms with Crippen molar-refractivity contribution in [2.75, 3.05) is 18.0 Å². The molecule has 0 bridgehead atoms. The summed E-state index contributed by atoms with van der Waals surface area (Å²) in [6.07, 6.45) is -4.88. The van der Waals surface area contributed by atoms with Gasteiger partial charge in [0.25, 0.3) is 5.69 Å². The smallest absolute Gasteiger partial charge is 0.416 e. The minimum Gasteiger partial charge on any atom is -0.447 e. The van der Waals surface area contributed by atoms with Gasteiger partial charge < -0.3 is 9.64 Å². The highest BCUT2D eigenvalue weighted by Crippen LogP contribution is 2.37. The van der Waals surface area contributed by atoms with E-state index in [-0.39, 0.29) is 18.8 Å². The number of carbonyl (C=O) groups excluding carboxylic acids is 1. The molecular formula is C16H16F3N3O4. The molecule has 1 heterocycles. The number of nitrogens with zero attached hydrogens (tertiary/aromatic N) is 3. The molecule has 0 aromatic heterocycles. The van der Waals surface area contributed by atoms with Crippen LogP contribution < -0.4 is 4.90 Å². The molecule has 1 aromatic rings. The third kappa shape index (κ3) is 4.41. The van der Waals surface area contributed by atoms with Crippen LogP contribution >= 0.6 is 0 Å². The number of anilines is 1. The maximum absolute atomic E-state index is 12.8. The van der Waals surface area contributed by atoms with Gasteiger partial charge in [0.05, 0.1) is 16.4 Å². The number of piperidine rings is 1. The van der Waals surface area contributed by atoms with Crippen LogP contribution in [0, 0.1) is 27.4 Å². The average Bonchev–Trinajstić information content (AvgIpc) is 2.60. The van der Waals surface area contributed by atoms with Gasteiger partial charge in [-0.2, -0.15) is 18.4 Å². The van der Waals surface area contributed by atoms with E-state index in [1.165, 1.54) is 6.92 Å². The van der Waals surface area contributed by atoms with E-state index in [0.717, 1.165) is 12.1 Å². The van der Waals surface area contributed by atoms with Crippen molar-refractivity contribution in [2.24, 2.45) is 5.92 Å². The van der Waals surface area contributed by atoms with E-state index < -0.39 is 40.3 Å². The first kappa shape index (κ1) is 19.5. The summed E-state index contributed by atoms with van der Waals surface area (Å²) in [7, 11) is 0. The minimum atomic E-state index is -4.67. The third-order valence-corrected chi connectivity index (χ3v) is 4.14. The highest BCUT2D eigenvalue weighted by molar-refractivity contribution is 5.73. The van der Waals surface area contributed by atoms with Crippen LogP contribution in [0.15, 0.2) is 18.2 Å². The Morgan fingerprint density at radius 2 is 2.04 bits per heavy atom. The normalized spacial score (nSPS) is 16.7. The van der Waals surface area contributed by atoms with Crippen LogP contribution in [0.4, 0.5) is 24.5 Å². The van der Waals surface area contributed by atoms with Crippen LogP contribution in [-0.4, -0.2) is 30.1 Å². The molecule has 0 amide bonds. The number of rotatable bonds is 4. The first-order valence-electron chi connectivity index (χ1n) is 7.84. The zero-order valence-corrected chi connectivity index (χ0v) is 13.8. The monoisotopic (exact) mass is 371 g/mol. The van der Waals surface area contributed by atoms with Crippen molar-refractivity contribution < 1.29 is 27.6 Å². The zero-order valence-electron chi connectivity index (χ0n) is 13.8. The molecule has 0 spiro atoms. The van der Waals surface area contributed by atoms with Crippen LogP contribution in [0.5, 0.6) is 0 Å². The van der Waals surface area contributed by atoms with Crippen LogP contribution in [-0.2, 0) is 15.7 Å². The number of carbonyl (C=O) groups is 1. The summed E-state index contributed by atoms with van der Waals surface area (Å²) in [6, 6.07) is 4.19. The lowest BCUT2D eigenvalue weighted by molar-refractivity contribution is -0.384. The number of nitro benzene ring substituents is 1. The predicted molar refractivity (Wildman–Crippen MR) is 84.2 cm³/mol. The number of benzene rings is 1. The Hall–Kier alpha value is -2.83. The quantitative estimate of drug-likeness (QED) is 0.458. The molecule has 1 aliphatic rings. The standard InChI is InChI=1S/C16H16F3N3O4/c1-10(9-20)26-15(23)11-4-6-21(7-5-11)13-3-2-12(16(17,18)19)8-14(13)22(24)25/h2-3,8,10-11H,4-7H2,1H3/t10-/m0/s1. The number of hydrogen-bond acceptors (Lipinski definition) is 6. The Kier molecular flexibility index (Phi) is 5.69. The van der Waals surface area contributed by atoms with Gasteiger partial charge in [-0.3, -0.25) is 14.9 Å². The lowest BCUT2D eigenvalue weighted by atomic mass is 9.96. The first-order valence-corrected chi connectivity index (χ1v) is 7.84. The fourth-order valence-corrected chi connectivity index (χ4v) is 2.77.